The van der Waals surface area contributed by atoms with Gasteiger partial charge in [-0.1, -0.05) is 19.9 Å². The van der Waals surface area contributed by atoms with Gasteiger partial charge < -0.3 is 24.5 Å². The number of nitrogens with zero attached hydrogens (tertiary/aromatic N) is 3. The number of hydrogen-bond acceptors (Lipinski definition) is 8. The fourth-order valence-electron chi connectivity index (χ4n) is 6.52. The minimum Gasteiger partial charge on any atom is -0.381 e. The molecule has 5 rings (SSSR count). The van der Waals surface area contributed by atoms with Crippen molar-refractivity contribution >= 4 is 5.69 Å². The first-order valence-electron chi connectivity index (χ1n) is 16.1. The lowest BCUT2D eigenvalue weighted by molar-refractivity contribution is 0.0336. The van der Waals surface area contributed by atoms with Crippen molar-refractivity contribution in [1.82, 2.24) is 20.2 Å². The number of aliphatic hydroxyl groups excluding tert-OH is 1. The summed E-state index contributed by atoms with van der Waals surface area (Å²) in [4.78, 5) is 25.5. The molecule has 238 valence electrons. The van der Waals surface area contributed by atoms with E-state index >= 15 is 0 Å². The van der Waals surface area contributed by atoms with Gasteiger partial charge in [-0.2, -0.15) is 0 Å². The Bertz CT molecular complexity index is 1440. The molecular weight excluding hydrogens is 554 g/mol. The summed E-state index contributed by atoms with van der Waals surface area (Å²) in [6.45, 7) is 17.2. The Morgan fingerprint density at radius 1 is 1.05 bits per heavy atom. The number of aromatic nitrogens is 2. The predicted molar refractivity (Wildman–Crippen MR) is 175 cm³/mol. The van der Waals surface area contributed by atoms with E-state index in [1.54, 1.807) is 0 Å². The summed E-state index contributed by atoms with van der Waals surface area (Å²) < 4.78 is 11.2. The average molecular weight is 604 g/mol. The van der Waals surface area contributed by atoms with Crippen LogP contribution in [0.5, 0.6) is 0 Å². The van der Waals surface area contributed by atoms with Crippen LogP contribution in [0, 0.1) is 13.8 Å². The van der Waals surface area contributed by atoms with Crippen molar-refractivity contribution in [3.8, 4) is 11.1 Å². The van der Waals surface area contributed by atoms with E-state index in [2.05, 4.69) is 72.1 Å². The third kappa shape index (κ3) is 7.58. The van der Waals surface area contributed by atoms with Gasteiger partial charge in [0.15, 0.2) is 0 Å². The maximum absolute atomic E-state index is 12.9. The SMILES string of the molecule is CCN(c1cc(-c2ccc(CN3CCOCC3)nc2)cc(C(O)NCc2c(C(C)C)cc(C)[nH]c2=O)c1C)C1CCOCC1. The summed E-state index contributed by atoms with van der Waals surface area (Å²) in [7, 11) is 0. The number of ether oxygens (including phenoxy) is 2. The highest BCUT2D eigenvalue weighted by molar-refractivity contribution is 5.72. The number of morpholine rings is 1. The van der Waals surface area contributed by atoms with Crippen LogP contribution in [0.1, 0.15) is 79.4 Å². The monoisotopic (exact) mass is 603 g/mol. The van der Waals surface area contributed by atoms with Crippen molar-refractivity contribution in [2.75, 3.05) is 51.0 Å². The molecule has 0 aliphatic carbocycles. The van der Waals surface area contributed by atoms with Crippen LogP contribution < -0.4 is 15.8 Å². The molecule has 2 fully saturated rings. The van der Waals surface area contributed by atoms with Gasteiger partial charge in [0.1, 0.15) is 6.23 Å². The van der Waals surface area contributed by atoms with Gasteiger partial charge in [0.25, 0.3) is 5.56 Å². The van der Waals surface area contributed by atoms with Crippen molar-refractivity contribution < 1.29 is 14.6 Å². The summed E-state index contributed by atoms with van der Waals surface area (Å²) in [6, 6.07) is 10.9. The van der Waals surface area contributed by atoms with E-state index in [0.717, 1.165) is 110 Å². The van der Waals surface area contributed by atoms with Crippen molar-refractivity contribution in [1.29, 1.82) is 0 Å². The Hall–Kier alpha value is -3.08. The molecule has 1 unspecified atom stereocenters. The highest BCUT2D eigenvalue weighted by atomic mass is 16.5. The van der Waals surface area contributed by atoms with Crippen LogP contribution in [0.3, 0.4) is 0 Å². The summed E-state index contributed by atoms with van der Waals surface area (Å²) in [5, 5.41) is 14.9. The lowest BCUT2D eigenvalue weighted by Gasteiger charge is -2.37. The fourth-order valence-corrected chi connectivity index (χ4v) is 6.52. The third-order valence-electron chi connectivity index (χ3n) is 9.04. The van der Waals surface area contributed by atoms with Gasteiger partial charge in [0.2, 0.25) is 0 Å². The molecule has 0 bridgehead atoms. The van der Waals surface area contributed by atoms with E-state index < -0.39 is 6.23 Å². The lowest BCUT2D eigenvalue weighted by atomic mass is 9.95. The molecule has 2 aliphatic heterocycles. The standard InChI is InChI=1S/C35H49N5O4/c1-6-40(29-9-13-43-14-10-29)33-19-27(26-7-8-28(36-20-26)22-39-11-15-44-16-12-39)18-31(25(33)5)34(41)37-21-32-30(23(2)3)17-24(4)38-35(32)42/h7-8,17-20,23,29,34,37,41H,6,9-16,21-22H2,1-5H3,(H,38,42). The van der Waals surface area contributed by atoms with Gasteiger partial charge in [-0.3, -0.25) is 20.0 Å². The zero-order chi connectivity index (χ0) is 31.2. The Morgan fingerprint density at radius 3 is 2.43 bits per heavy atom. The normalized spacial score (nSPS) is 17.2. The highest BCUT2D eigenvalue weighted by Crippen LogP contribution is 2.35. The molecule has 2 aromatic heterocycles. The Morgan fingerprint density at radius 2 is 1.77 bits per heavy atom. The molecule has 2 saturated heterocycles. The molecule has 0 spiro atoms. The van der Waals surface area contributed by atoms with Crippen LogP contribution in [0.15, 0.2) is 41.3 Å². The number of aryl methyl sites for hydroxylation is 1. The summed E-state index contributed by atoms with van der Waals surface area (Å²) in [5.41, 5.74) is 8.38. The van der Waals surface area contributed by atoms with E-state index in [-0.39, 0.29) is 18.0 Å². The largest absolute Gasteiger partial charge is 0.381 e. The second-order valence-corrected chi connectivity index (χ2v) is 12.4. The highest BCUT2D eigenvalue weighted by Gasteiger charge is 2.25. The molecule has 44 heavy (non-hydrogen) atoms. The van der Waals surface area contributed by atoms with Crippen LogP contribution in [0.4, 0.5) is 5.69 Å². The first-order chi connectivity index (χ1) is 21.2. The number of H-pyrrole nitrogens is 1. The molecule has 0 saturated carbocycles. The second-order valence-electron chi connectivity index (χ2n) is 12.4. The van der Waals surface area contributed by atoms with E-state index in [1.807, 2.05) is 19.2 Å². The quantitative estimate of drug-likeness (QED) is 0.269. The maximum Gasteiger partial charge on any atom is 0.252 e. The molecule has 4 heterocycles. The third-order valence-corrected chi connectivity index (χ3v) is 9.04. The average Bonchev–Trinajstić information content (AvgIpc) is 3.02. The zero-order valence-electron chi connectivity index (χ0n) is 27.0. The molecule has 0 amide bonds. The van der Waals surface area contributed by atoms with E-state index in [9.17, 15) is 9.90 Å². The molecule has 9 nitrogen and oxygen atoms in total. The number of benzene rings is 1. The number of rotatable bonds is 11. The maximum atomic E-state index is 12.9. The van der Waals surface area contributed by atoms with Crippen LogP contribution in [0.2, 0.25) is 0 Å². The number of hydrogen-bond donors (Lipinski definition) is 3. The topological polar surface area (TPSA) is 103 Å². The van der Waals surface area contributed by atoms with Gasteiger partial charge in [-0.05, 0) is 80.5 Å². The van der Waals surface area contributed by atoms with Crippen LogP contribution in [-0.4, -0.2) is 72.1 Å². The number of aromatic amines is 1. The van der Waals surface area contributed by atoms with Gasteiger partial charge in [0, 0.05) is 86.2 Å². The summed E-state index contributed by atoms with van der Waals surface area (Å²) in [6.07, 6.45) is 2.93. The number of anilines is 1. The Labute approximate surface area is 261 Å². The Balaban J connectivity index is 1.47. The number of nitrogens with one attached hydrogen (secondary N) is 2. The molecule has 3 N–H and O–H groups in total. The molecule has 1 atom stereocenters. The van der Waals surface area contributed by atoms with E-state index in [0.29, 0.717) is 11.6 Å². The molecule has 2 aliphatic rings. The molecular formula is C35H49N5O4. The van der Waals surface area contributed by atoms with Crippen molar-refractivity contribution in [3.63, 3.8) is 0 Å². The van der Waals surface area contributed by atoms with Gasteiger partial charge >= 0.3 is 0 Å². The van der Waals surface area contributed by atoms with Crippen LogP contribution >= 0.6 is 0 Å². The van der Waals surface area contributed by atoms with Gasteiger partial charge in [-0.15, -0.1) is 0 Å². The van der Waals surface area contributed by atoms with Crippen LogP contribution in [0.25, 0.3) is 11.1 Å². The first-order valence-corrected chi connectivity index (χ1v) is 16.1. The van der Waals surface area contributed by atoms with E-state index in [1.165, 1.54) is 0 Å². The van der Waals surface area contributed by atoms with Crippen molar-refractivity contribution in [2.45, 2.75) is 78.7 Å². The summed E-state index contributed by atoms with van der Waals surface area (Å²) in [5.74, 6) is 0.193. The minimum absolute atomic E-state index is 0.112. The minimum atomic E-state index is -0.962. The lowest BCUT2D eigenvalue weighted by Crippen LogP contribution is -2.40. The predicted octanol–water partition coefficient (Wildman–Crippen LogP) is 4.80. The zero-order valence-corrected chi connectivity index (χ0v) is 27.0. The van der Waals surface area contributed by atoms with Crippen molar-refractivity contribution in [3.05, 3.63) is 80.5 Å². The number of aliphatic hydroxyl groups is 1. The van der Waals surface area contributed by atoms with Gasteiger partial charge in [0.05, 0.1) is 18.9 Å². The van der Waals surface area contributed by atoms with Crippen molar-refractivity contribution in [2.24, 2.45) is 0 Å². The summed E-state index contributed by atoms with van der Waals surface area (Å²) >= 11 is 0. The van der Waals surface area contributed by atoms with E-state index in [4.69, 9.17) is 14.5 Å². The second kappa shape index (κ2) is 14.8. The molecule has 9 heteroatoms. The molecule has 0 radical (unpaired) electrons. The molecule has 3 aromatic rings. The molecule has 1 aromatic carbocycles. The fraction of sp³-hybridized carbons (Fsp3) is 0.543. The smallest absolute Gasteiger partial charge is 0.252 e. The first kappa shape index (κ1) is 32.3. The Kier molecular flexibility index (Phi) is 10.9. The van der Waals surface area contributed by atoms with Crippen LogP contribution in [-0.2, 0) is 22.6 Å². The number of pyridine rings is 2. The van der Waals surface area contributed by atoms with Gasteiger partial charge in [-0.25, -0.2) is 0 Å².